The van der Waals surface area contributed by atoms with Crippen molar-refractivity contribution in [2.24, 2.45) is 0 Å². The summed E-state index contributed by atoms with van der Waals surface area (Å²) >= 11 is 1.24. The van der Waals surface area contributed by atoms with Crippen molar-refractivity contribution in [1.82, 2.24) is 8.75 Å². The third kappa shape index (κ3) is 14.3. The van der Waals surface area contributed by atoms with E-state index in [1.54, 1.807) is 0 Å². The monoisotopic (exact) mass is 716 g/mol. The van der Waals surface area contributed by atoms with E-state index in [0.717, 1.165) is 96.5 Å². The molecule has 0 aliphatic carbocycles. The van der Waals surface area contributed by atoms with Crippen LogP contribution in [0, 0.1) is 0 Å². The molecule has 0 amide bonds. The molecule has 8 nitrogen and oxygen atoms in total. The topological polar surface area (TPSA) is 96.8 Å². The van der Waals surface area contributed by atoms with E-state index >= 15 is 0 Å². The van der Waals surface area contributed by atoms with Crippen molar-refractivity contribution >= 4 is 34.7 Å². The van der Waals surface area contributed by atoms with E-state index in [1.807, 2.05) is 24.3 Å². The van der Waals surface area contributed by atoms with Gasteiger partial charge in [-0.3, -0.25) is 9.59 Å². The quantitative estimate of drug-likeness (QED) is 0.0468. The van der Waals surface area contributed by atoms with Crippen LogP contribution in [0.3, 0.4) is 0 Å². The molecule has 0 bridgehead atoms. The number of nitrogens with zero attached hydrogens (tertiary/aromatic N) is 2. The minimum absolute atomic E-state index is 0.107. The van der Waals surface area contributed by atoms with Crippen molar-refractivity contribution < 1.29 is 28.5 Å². The number of methoxy groups -OCH3 is 2. The lowest BCUT2D eigenvalue weighted by molar-refractivity contribution is -0.141. The Labute approximate surface area is 308 Å². The van der Waals surface area contributed by atoms with Crippen LogP contribution >= 0.6 is 11.7 Å². The average Bonchev–Trinajstić information content (AvgIpc) is 3.66. The van der Waals surface area contributed by atoms with Crippen LogP contribution in [0.1, 0.15) is 116 Å². The summed E-state index contributed by atoms with van der Waals surface area (Å²) in [4.78, 5) is 22.3. The molecule has 0 N–H and O–H groups in total. The van der Waals surface area contributed by atoms with Gasteiger partial charge < -0.3 is 18.9 Å². The first-order chi connectivity index (χ1) is 25.1. The number of esters is 2. The van der Waals surface area contributed by atoms with Gasteiger partial charge in [0.05, 0.1) is 39.2 Å². The van der Waals surface area contributed by atoms with Gasteiger partial charge in [0.15, 0.2) is 0 Å². The molecule has 1 heterocycles. The summed E-state index contributed by atoms with van der Waals surface area (Å²) in [7, 11) is 2.90. The highest BCUT2D eigenvalue weighted by atomic mass is 32.1. The van der Waals surface area contributed by atoms with Crippen molar-refractivity contribution in [3.63, 3.8) is 0 Å². The fraction of sp³-hybridized carbons (Fsp3) is 0.524. The van der Waals surface area contributed by atoms with Gasteiger partial charge in [0.25, 0.3) is 0 Å². The Hall–Kier alpha value is -3.98. The van der Waals surface area contributed by atoms with Crippen molar-refractivity contribution in [3.8, 4) is 33.8 Å². The first kappa shape index (κ1) is 39.8. The van der Waals surface area contributed by atoms with Gasteiger partial charge in [-0.2, -0.15) is 8.75 Å². The molecular formula is C42H56N2O6S. The molecule has 276 valence electrons. The molecule has 4 aromatic rings. The fourth-order valence-electron chi connectivity index (χ4n) is 6.24. The minimum atomic E-state index is -0.107. The largest absolute Gasteiger partial charge is 0.494 e. The number of hydrogen-bond donors (Lipinski definition) is 0. The number of fused-ring (bicyclic) bond motifs is 1. The molecule has 0 unspecified atom stereocenters. The van der Waals surface area contributed by atoms with Gasteiger partial charge in [0.1, 0.15) is 22.5 Å². The van der Waals surface area contributed by atoms with E-state index in [4.69, 9.17) is 9.47 Å². The average molecular weight is 717 g/mol. The number of carbonyl (C=O) groups is 2. The number of hydrogen-bond acceptors (Lipinski definition) is 9. The molecule has 0 atom stereocenters. The summed E-state index contributed by atoms with van der Waals surface area (Å²) in [6, 6.07) is 20.9. The zero-order valence-electron chi connectivity index (χ0n) is 30.7. The van der Waals surface area contributed by atoms with Crippen LogP contribution in [0.2, 0.25) is 0 Å². The zero-order chi connectivity index (χ0) is 35.9. The van der Waals surface area contributed by atoms with Crippen LogP contribution in [0.25, 0.3) is 33.3 Å². The van der Waals surface area contributed by atoms with Gasteiger partial charge >= 0.3 is 11.9 Å². The van der Waals surface area contributed by atoms with Gasteiger partial charge in [-0.1, -0.05) is 113 Å². The van der Waals surface area contributed by atoms with Gasteiger partial charge in [-0.15, -0.1) is 0 Å². The van der Waals surface area contributed by atoms with E-state index in [0.29, 0.717) is 12.8 Å². The number of carbonyl (C=O) groups excluding carboxylic acids is 2. The molecule has 1 aromatic heterocycles. The molecule has 0 aliphatic rings. The fourth-order valence-corrected chi connectivity index (χ4v) is 6.82. The lowest BCUT2D eigenvalue weighted by Crippen LogP contribution is -1.99. The van der Waals surface area contributed by atoms with Gasteiger partial charge in [0, 0.05) is 24.0 Å². The van der Waals surface area contributed by atoms with Crippen molar-refractivity contribution in [3.05, 3.63) is 60.7 Å². The SMILES string of the molecule is COC(=O)CCCCCCCCCCOc1ccc(-c2ccc(-c3ccc(OCCCCCCCCCCC(=O)OC)cc3)c3nsnc23)cc1. The van der Waals surface area contributed by atoms with Crippen LogP contribution in [0.15, 0.2) is 60.7 Å². The highest BCUT2D eigenvalue weighted by Gasteiger charge is 2.14. The van der Waals surface area contributed by atoms with Crippen molar-refractivity contribution in [1.29, 1.82) is 0 Å². The Kier molecular flexibility index (Phi) is 18.3. The zero-order valence-corrected chi connectivity index (χ0v) is 31.5. The number of benzene rings is 3. The maximum Gasteiger partial charge on any atom is 0.305 e. The highest BCUT2D eigenvalue weighted by Crippen LogP contribution is 2.35. The summed E-state index contributed by atoms with van der Waals surface area (Å²) in [6.07, 6.45) is 19.3. The first-order valence-electron chi connectivity index (χ1n) is 18.9. The van der Waals surface area contributed by atoms with E-state index in [-0.39, 0.29) is 11.9 Å². The third-order valence-corrected chi connectivity index (χ3v) is 9.82. The van der Waals surface area contributed by atoms with E-state index < -0.39 is 0 Å². The van der Waals surface area contributed by atoms with Gasteiger partial charge in [-0.05, 0) is 61.1 Å². The summed E-state index contributed by atoms with van der Waals surface area (Å²) in [6.45, 7) is 1.44. The second-order valence-electron chi connectivity index (χ2n) is 13.2. The molecule has 0 saturated carbocycles. The maximum absolute atomic E-state index is 11.2. The lowest BCUT2D eigenvalue weighted by Gasteiger charge is -2.10. The van der Waals surface area contributed by atoms with Crippen LogP contribution in [0.4, 0.5) is 0 Å². The Morgan fingerprint density at radius 3 is 1.16 bits per heavy atom. The summed E-state index contributed by atoms with van der Waals surface area (Å²) in [5, 5.41) is 0. The first-order valence-corrected chi connectivity index (χ1v) is 19.7. The van der Waals surface area contributed by atoms with E-state index in [9.17, 15) is 9.59 Å². The highest BCUT2D eigenvalue weighted by molar-refractivity contribution is 7.00. The predicted molar refractivity (Wildman–Crippen MR) is 206 cm³/mol. The molecular weight excluding hydrogens is 661 g/mol. The van der Waals surface area contributed by atoms with Gasteiger partial charge in [-0.25, -0.2) is 0 Å². The van der Waals surface area contributed by atoms with Crippen LogP contribution in [0.5, 0.6) is 11.5 Å². The maximum atomic E-state index is 11.2. The number of rotatable bonds is 26. The molecule has 0 spiro atoms. The molecule has 9 heteroatoms. The molecule has 0 fully saturated rings. The standard InChI is InChI=1S/C42H56N2O6S/c1-47-39(45)19-15-11-7-3-5-9-13-17-31-49-35-25-21-33(22-26-35)37-29-30-38(42-41(37)43-51-44-42)34-23-27-36(28-24-34)50-32-18-14-10-6-4-8-12-16-20-40(46)48-2/h21-30H,3-20,31-32H2,1-2H3. The Bertz CT molecular complexity index is 1460. The number of unbranched alkanes of at least 4 members (excludes halogenated alkanes) is 14. The second kappa shape index (κ2) is 23.5. The van der Waals surface area contributed by atoms with Crippen LogP contribution < -0.4 is 9.47 Å². The molecule has 4 rings (SSSR count). The Morgan fingerprint density at radius 1 is 0.471 bits per heavy atom. The summed E-state index contributed by atoms with van der Waals surface area (Å²) < 4.78 is 30.8. The predicted octanol–water partition coefficient (Wildman–Crippen LogP) is 11.2. The summed E-state index contributed by atoms with van der Waals surface area (Å²) in [5.74, 6) is 1.56. The number of aromatic nitrogens is 2. The molecule has 51 heavy (non-hydrogen) atoms. The van der Waals surface area contributed by atoms with Crippen molar-refractivity contribution in [2.75, 3.05) is 27.4 Å². The molecule has 3 aromatic carbocycles. The van der Waals surface area contributed by atoms with Gasteiger partial charge in [0.2, 0.25) is 0 Å². The summed E-state index contributed by atoms with van der Waals surface area (Å²) in [5.41, 5.74) is 6.15. The normalized spacial score (nSPS) is 11.1. The number of ether oxygens (including phenoxy) is 4. The van der Waals surface area contributed by atoms with Crippen molar-refractivity contribution in [2.45, 2.75) is 116 Å². The Morgan fingerprint density at radius 2 is 0.804 bits per heavy atom. The third-order valence-electron chi connectivity index (χ3n) is 9.29. The smallest absolute Gasteiger partial charge is 0.305 e. The molecule has 0 radical (unpaired) electrons. The molecule has 0 aliphatic heterocycles. The van der Waals surface area contributed by atoms with Crippen LogP contribution in [-0.4, -0.2) is 48.1 Å². The minimum Gasteiger partial charge on any atom is -0.494 e. The lowest BCUT2D eigenvalue weighted by atomic mass is 9.98. The molecule has 0 saturated heterocycles. The van der Waals surface area contributed by atoms with Crippen LogP contribution in [-0.2, 0) is 19.1 Å². The van der Waals surface area contributed by atoms with E-state index in [2.05, 4.69) is 54.6 Å². The van der Waals surface area contributed by atoms with E-state index in [1.165, 1.54) is 90.2 Å². The second-order valence-corrected chi connectivity index (χ2v) is 13.7. The Balaban J connectivity index is 1.13.